The molecule has 0 heterocycles. The van der Waals surface area contributed by atoms with Crippen LogP contribution in [0, 0.1) is 0 Å². The number of rotatable bonds is 10. The van der Waals surface area contributed by atoms with E-state index in [0.717, 1.165) is 31.2 Å². The van der Waals surface area contributed by atoms with Gasteiger partial charge >= 0.3 is 7.60 Å². The zero-order valence-corrected chi connectivity index (χ0v) is 13.4. The molecule has 20 heavy (non-hydrogen) atoms. The summed E-state index contributed by atoms with van der Waals surface area (Å²) in [7, 11) is -3.22. The molecule has 0 saturated heterocycles. The maximum atomic E-state index is 13.0. The Morgan fingerprint density at radius 1 is 1.15 bits per heavy atom. The molecule has 0 unspecified atom stereocenters. The molecule has 0 bridgehead atoms. The van der Waals surface area contributed by atoms with Gasteiger partial charge in [0.25, 0.3) is 0 Å². The average molecular weight is 296 g/mol. The molecular formula is C16H25O3P. The van der Waals surface area contributed by atoms with E-state index < -0.39 is 7.60 Å². The van der Waals surface area contributed by atoms with Crippen molar-refractivity contribution in [3.05, 3.63) is 36.4 Å². The zero-order valence-electron chi connectivity index (χ0n) is 12.5. The largest absolute Gasteiger partial charge is 0.361 e. The minimum absolute atomic E-state index is 0.457. The van der Waals surface area contributed by atoms with Gasteiger partial charge < -0.3 is 9.05 Å². The first kappa shape index (κ1) is 17.2. The van der Waals surface area contributed by atoms with Gasteiger partial charge in [0.15, 0.2) is 0 Å². The summed E-state index contributed by atoms with van der Waals surface area (Å²) in [6.45, 7) is 8.79. The predicted octanol–water partition coefficient (Wildman–Crippen LogP) is 4.78. The SMILES string of the molecule is C=Cc1cccc(P(=O)(OCCCC)OCCCC)c1. The van der Waals surface area contributed by atoms with Crippen LogP contribution < -0.4 is 5.30 Å². The molecule has 112 valence electrons. The first-order valence-electron chi connectivity index (χ1n) is 7.28. The molecule has 1 aromatic rings. The molecule has 0 aliphatic rings. The molecule has 0 fully saturated rings. The minimum Gasteiger partial charge on any atom is -0.305 e. The molecule has 0 radical (unpaired) electrons. The fourth-order valence-electron chi connectivity index (χ4n) is 1.67. The quantitative estimate of drug-likeness (QED) is 0.460. The van der Waals surface area contributed by atoms with Crippen LogP contribution in [-0.2, 0) is 13.6 Å². The van der Waals surface area contributed by atoms with E-state index in [1.54, 1.807) is 12.1 Å². The molecule has 3 nitrogen and oxygen atoms in total. The van der Waals surface area contributed by atoms with Crippen molar-refractivity contribution in [2.45, 2.75) is 39.5 Å². The Labute approximate surface area is 122 Å². The first-order chi connectivity index (χ1) is 9.66. The van der Waals surface area contributed by atoms with E-state index in [1.165, 1.54) is 0 Å². The third-order valence-corrected chi connectivity index (χ3v) is 4.90. The molecule has 0 spiro atoms. The Balaban J connectivity index is 2.88. The van der Waals surface area contributed by atoms with E-state index in [-0.39, 0.29) is 0 Å². The summed E-state index contributed by atoms with van der Waals surface area (Å²) < 4.78 is 24.2. The molecule has 1 rings (SSSR count). The second-order valence-electron chi connectivity index (χ2n) is 4.67. The lowest BCUT2D eigenvalue weighted by Crippen LogP contribution is -2.12. The maximum Gasteiger partial charge on any atom is 0.361 e. The van der Waals surface area contributed by atoms with Gasteiger partial charge in [0.05, 0.1) is 18.5 Å². The lowest BCUT2D eigenvalue weighted by Gasteiger charge is -2.19. The smallest absolute Gasteiger partial charge is 0.305 e. The summed E-state index contributed by atoms with van der Waals surface area (Å²) in [5.41, 5.74) is 0.918. The van der Waals surface area contributed by atoms with Crippen molar-refractivity contribution in [1.82, 2.24) is 0 Å². The fourth-order valence-corrected chi connectivity index (χ4v) is 3.35. The monoisotopic (exact) mass is 296 g/mol. The van der Waals surface area contributed by atoms with Crippen molar-refractivity contribution >= 4 is 19.0 Å². The van der Waals surface area contributed by atoms with Crippen LogP contribution in [-0.4, -0.2) is 13.2 Å². The Kier molecular flexibility index (Phi) is 7.83. The first-order valence-corrected chi connectivity index (χ1v) is 8.82. The predicted molar refractivity (Wildman–Crippen MR) is 85.5 cm³/mol. The summed E-state index contributed by atoms with van der Waals surface area (Å²) >= 11 is 0. The molecule has 0 atom stereocenters. The molecule has 0 amide bonds. The van der Waals surface area contributed by atoms with Crippen molar-refractivity contribution < 1.29 is 13.6 Å². The van der Waals surface area contributed by atoms with Crippen LogP contribution in [0.15, 0.2) is 30.8 Å². The molecule has 0 N–H and O–H groups in total. The molecule has 0 aromatic heterocycles. The summed E-state index contributed by atoms with van der Waals surface area (Å²) in [5, 5.41) is 0.613. The average Bonchev–Trinajstić information content (AvgIpc) is 2.48. The van der Waals surface area contributed by atoms with E-state index in [9.17, 15) is 4.57 Å². The van der Waals surface area contributed by atoms with Gasteiger partial charge in [0.2, 0.25) is 0 Å². The van der Waals surface area contributed by atoms with Crippen molar-refractivity contribution in [3.63, 3.8) is 0 Å². The van der Waals surface area contributed by atoms with Gasteiger partial charge in [-0.3, -0.25) is 4.57 Å². The van der Waals surface area contributed by atoms with Crippen LogP contribution in [0.4, 0.5) is 0 Å². The summed E-state index contributed by atoms with van der Waals surface area (Å²) in [5.74, 6) is 0. The topological polar surface area (TPSA) is 35.5 Å². The molecule has 0 saturated carbocycles. The standard InChI is InChI=1S/C16H25O3P/c1-4-7-12-18-20(17,19-13-8-5-2)16-11-9-10-15(6-3)14-16/h6,9-11,14H,3-5,7-8,12-13H2,1-2H3. The maximum absolute atomic E-state index is 13.0. The van der Waals surface area contributed by atoms with E-state index in [4.69, 9.17) is 9.05 Å². The minimum atomic E-state index is -3.22. The van der Waals surface area contributed by atoms with E-state index in [1.807, 2.05) is 18.2 Å². The van der Waals surface area contributed by atoms with Crippen molar-refractivity contribution in [3.8, 4) is 0 Å². The number of unbranched alkanes of at least 4 members (excludes halogenated alkanes) is 2. The highest BCUT2D eigenvalue weighted by molar-refractivity contribution is 7.62. The second-order valence-corrected chi connectivity index (χ2v) is 6.70. The van der Waals surface area contributed by atoms with Gasteiger partial charge in [-0.05, 0) is 30.5 Å². The Morgan fingerprint density at radius 3 is 2.25 bits per heavy atom. The summed E-state index contributed by atoms with van der Waals surface area (Å²) in [6, 6.07) is 7.39. The van der Waals surface area contributed by atoms with E-state index >= 15 is 0 Å². The van der Waals surface area contributed by atoms with Gasteiger partial charge in [-0.15, -0.1) is 0 Å². The second kappa shape index (κ2) is 9.12. The van der Waals surface area contributed by atoms with Crippen molar-refractivity contribution in [1.29, 1.82) is 0 Å². The third-order valence-electron chi connectivity index (χ3n) is 2.94. The van der Waals surface area contributed by atoms with Gasteiger partial charge in [-0.25, -0.2) is 0 Å². The van der Waals surface area contributed by atoms with Crippen LogP contribution in [0.2, 0.25) is 0 Å². The van der Waals surface area contributed by atoms with E-state index in [2.05, 4.69) is 20.4 Å². The fraction of sp³-hybridized carbons (Fsp3) is 0.500. The molecule has 0 aliphatic heterocycles. The number of hydrogen-bond acceptors (Lipinski definition) is 3. The molecular weight excluding hydrogens is 271 g/mol. The van der Waals surface area contributed by atoms with Crippen LogP contribution in [0.5, 0.6) is 0 Å². The summed E-state index contributed by atoms with van der Waals surface area (Å²) in [4.78, 5) is 0. The highest BCUT2D eigenvalue weighted by Crippen LogP contribution is 2.47. The lowest BCUT2D eigenvalue weighted by atomic mass is 10.2. The highest BCUT2D eigenvalue weighted by Gasteiger charge is 2.27. The van der Waals surface area contributed by atoms with Crippen molar-refractivity contribution in [2.75, 3.05) is 13.2 Å². The van der Waals surface area contributed by atoms with Gasteiger partial charge in [-0.2, -0.15) is 0 Å². The van der Waals surface area contributed by atoms with Crippen LogP contribution in [0.1, 0.15) is 45.1 Å². The third kappa shape index (κ3) is 5.24. The Bertz CT molecular complexity index is 443. The Hall–Kier alpha value is -0.890. The normalized spacial score (nSPS) is 11.5. The lowest BCUT2D eigenvalue weighted by molar-refractivity contribution is 0.208. The van der Waals surface area contributed by atoms with Gasteiger partial charge in [0, 0.05) is 0 Å². The summed E-state index contributed by atoms with van der Waals surface area (Å²) in [6.07, 6.45) is 5.49. The van der Waals surface area contributed by atoms with Crippen LogP contribution in [0.25, 0.3) is 6.08 Å². The van der Waals surface area contributed by atoms with Gasteiger partial charge in [0.1, 0.15) is 0 Å². The van der Waals surface area contributed by atoms with Crippen LogP contribution in [0.3, 0.4) is 0 Å². The van der Waals surface area contributed by atoms with E-state index in [0.29, 0.717) is 18.5 Å². The zero-order chi connectivity index (χ0) is 14.8. The number of benzene rings is 1. The number of hydrogen-bond donors (Lipinski definition) is 0. The molecule has 1 aromatic carbocycles. The van der Waals surface area contributed by atoms with Crippen molar-refractivity contribution in [2.24, 2.45) is 0 Å². The van der Waals surface area contributed by atoms with Gasteiger partial charge in [-0.1, -0.05) is 51.5 Å². The molecule has 4 heteroatoms. The Morgan fingerprint density at radius 2 is 1.75 bits per heavy atom. The highest BCUT2D eigenvalue weighted by atomic mass is 31.2. The molecule has 0 aliphatic carbocycles. The van der Waals surface area contributed by atoms with Crippen LogP contribution >= 0.6 is 7.60 Å².